The zero-order valence-corrected chi connectivity index (χ0v) is 12.4. The number of hydrogen-bond donors (Lipinski definition) is 1. The molecule has 2 rings (SSSR count). The van der Waals surface area contributed by atoms with Crippen LogP contribution in [0.3, 0.4) is 0 Å². The molecule has 0 saturated heterocycles. The third-order valence-electron chi connectivity index (χ3n) is 2.67. The maximum absolute atomic E-state index is 11.3. The van der Waals surface area contributed by atoms with Crippen LogP contribution in [0.2, 0.25) is 0 Å². The zero-order chi connectivity index (χ0) is 16.1. The third-order valence-corrected chi connectivity index (χ3v) is 2.67. The quantitative estimate of drug-likeness (QED) is 0.646. The van der Waals surface area contributed by atoms with E-state index < -0.39 is 4.92 Å². The van der Waals surface area contributed by atoms with E-state index in [9.17, 15) is 10.1 Å². The first-order valence-electron chi connectivity index (χ1n) is 6.59. The second kappa shape index (κ2) is 6.70. The van der Waals surface area contributed by atoms with E-state index >= 15 is 0 Å². The van der Waals surface area contributed by atoms with Crippen LogP contribution in [0.25, 0.3) is 0 Å². The van der Waals surface area contributed by atoms with Gasteiger partial charge in [0.25, 0.3) is 0 Å². The summed E-state index contributed by atoms with van der Waals surface area (Å²) in [4.78, 5) is 18.5. The molecule has 1 aromatic heterocycles. The molecule has 8 nitrogen and oxygen atoms in total. The second-order valence-electron chi connectivity index (χ2n) is 4.71. The van der Waals surface area contributed by atoms with E-state index in [4.69, 9.17) is 9.47 Å². The molecule has 0 aliphatic heterocycles. The lowest BCUT2D eigenvalue weighted by atomic mass is 10.3. The van der Waals surface area contributed by atoms with E-state index in [0.717, 1.165) is 0 Å². The molecule has 2 aromatic rings. The first kappa shape index (κ1) is 15.5. The van der Waals surface area contributed by atoms with Gasteiger partial charge < -0.3 is 14.8 Å². The summed E-state index contributed by atoms with van der Waals surface area (Å²) in [7, 11) is 1.55. The summed E-state index contributed by atoms with van der Waals surface area (Å²) in [5.74, 6) is 1.08. The molecule has 0 unspecified atom stereocenters. The van der Waals surface area contributed by atoms with Gasteiger partial charge in [0.2, 0.25) is 5.82 Å². The first-order chi connectivity index (χ1) is 10.5. The summed E-state index contributed by atoms with van der Waals surface area (Å²) in [6.07, 6.45) is 1.22. The SMILES string of the molecule is COc1ccc(Oc2ncnc(NC(C)C)c2[N+](=O)[O-])cc1. The Bertz CT molecular complexity index is 658. The highest BCUT2D eigenvalue weighted by atomic mass is 16.6. The smallest absolute Gasteiger partial charge is 0.373 e. The highest BCUT2D eigenvalue weighted by Crippen LogP contribution is 2.34. The molecule has 1 heterocycles. The Morgan fingerprint density at radius 2 is 1.82 bits per heavy atom. The van der Waals surface area contributed by atoms with E-state index in [1.165, 1.54) is 6.33 Å². The van der Waals surface area contributed by atoms with Crippen LogP contribution in [-0.2, 0) is 0 Å². The van der Waals surface area contributed by atoms with Crippen LogP contribution < -0.4 is 14.8 Å². The van der Waals surface area contributed by atoms with Crippen molar-refractivity contribution in [3.05, 3.63) is 40.7 Å². The van der Waals surface area contributed by atoms with Crippen LogP contribution in [0.15, 0.2) is 30.6 Å². The Morgan fingerprint density at radius 1 is 1.18 bits per heavy atom. The van der Waals surface area contributed by atoms with Gasteiger partial charge in [-0.3, -0.25) is 10.1 Å². The molecule has 1 N–H and O–H groups in total. The summed E-state index contributed by atoms with van der Waals surface area (Å²) in [5, 5.41) is 14.2. The Kier molecular flexibility index (Phi) is 4.72. The average molecular weight is 304 g/mol. The van der Waals surface area contributed by atoms with Gasteiger partial charge in [-0.15, -0.1) is 0 Å². The highest BCUT2D eigenvalue weighted by Gasteiger charge is 2.25. The molecular formula is C14H16N4O4. The lowest BCUT2D eigenvalue weighted by Gasteiger charge is -2.11. The Hall–Kier alpha value is -2.90. The van der Waals surface area contributed by atoms with Crippen LogP contribution in [-0.4, -0.2) is 28.0 Å². The van der Waals surface area contributed by atoms with Crippen LogP contribution in [0.1, 0.15) is 13.8 Å². The van der Waals surface area contributed by atoms with Gasteiger partial charge in [0.15, 0.2) is 0 Å². The van der Waals surface area contributed by atoms with E-state index in [-0.39, 0.29) is 23.4 Å². The Morgan fingerprint density at radius 3 is 2.36 bits per heavy atom. The second-order valence-corrected chi connectivity index (χ2v) is 4.71. The van der Waals surface area contributed by atoms with Crippen LogP contribution in [0, 0.1) is 10.1 Å². The lowest BCUT2D eigenvalue weighted by Crippen LogP contribution is -2.13. The predicted octanol–water partition coefficient (Wildman–Crippen LogP) is 3.01. The van der Waals surface area contributed by atoms with Crippen molar-refractivity contribution in [3.63, 3.8) is 0 Å². The van der Waals surface area contributed by atoms with Crippen LogP contribution >= 0.6 is 0 Å². The fourth-order valence-corrected chi connectivity index (χ4v) is 1.74. The molecule has 22 heavy (non-hydrogen) atoms. The van der Waals surface area contributed by atoms with Gasteiger partial charge in [-0.05, 0) is 38.1 Å². The minimum Gasteiger partial charge on any atom is -0.497 e. The van der Waals surface area contributed by atoms with Crippen molar-refractivity contribution >= 4 is 11.5 Å². The van der Waals surface area contributed by atoms with Crippen molar-refractivity contribution in [1.82, 2.24) is 9.97 Å². The van der Waals surface area contributed by atoms with Gasteiger partial charge in [0.05, 0.1) is 12.0 Å². The summed E-state index contributed by atoms with van der Waals surface area (Å²) in [6.45, 7) is 3.71. The van der Waals surface area contributed by atoms with E-state index in [0.29, 0.717) is 11.5 Å². The van der Waals surface area contributed by atoms with Crippen molar-refractivity contribution < 1.29 is 14.4 Å². The van der Waals surface area contributed by atoms with Crippen molar-refractivity contribution in [1.29, 1.82) is 0 Å². The number of anilines is 1. The summed E-state index contributed by atoms with van der Waals surface area (Å²) in [6, 6.07) is 6.65. The lowest BCUT2D eigenvalue weighted by molar-refractivity contribution is -0.385. The van der Waals surface area contributed by atoms with Gasteiger partial charge in [-0.2, -0.15) is 4.98 Å². The molecule has 8 heteroatoms. The standard InChI is InChI=1S/C14H16N4O4/c1-9(2)17-13-12(18(19)20)14(16-8-15-13)22-11-6-4-10(21-3)5-7-11/h4-9H,1-3H3,(H,15,16,17). The van der Waals surface area contributed by atoms with Crippen molar-refractivity contribution in [2.24, 2.45) is 0 Å². The van der Waals surface area contributed by atoms with Crippen molar-refractivity contribution in [3.8, 4) is 17.4 Å². The van der Waals surface area contributed by atoms with Crippen molar-refractivity contribution in [2.75, 3.05) is 12.4 Å². The maximum atomic E-state index is 11.3. The van der Waals surface area contributed by atoms with Gasteiger partial charge in [-0.25, -0.2) is 4.98 Å². The molecule has 1 aromatic carbocycles. The van der Waals surface area contributed by atoms with Gasteiger partial charge in [0.1, 0.15) is 17.8 Å². The number of hydrogen-bond acceptors (Lipinski definition) is 7. The Labute approximate surface area is 127 Å². The normalized spacial score (nSPS) is 10.4. The number of nitrogens with zero attached hydrogens (tertiary/aromatic N) is 3. The van der Waals surface area contributed by atoms with Gasteiger partial charge in [-0.1, -0.05) is 0 Å². The summed E-state index contributed by atoms with van der Waals surface area (Å²) < 4.78 is 10.5. The number of rotatable bonds is 6. The topological polar surface area (TPSA) is 99.4 Å². The molecule has 0 amide bonds. The first-order valence-corrected chi connectivity index (χ1v) is 6.59. The number of methoxy groups -OCH3 is 1. The molecule has 0 bridgehead atoms. The minimum atomic E-state index is -0.566. The van der Waals surface area contributed by atoms with Crippen molar-refractivity contribution in [2.45, 2.75) is 19.9 Å². The largest absolute Gasteiger partial charge is 0.497 e. The number of nitrogens with one attached hydrogen (secondary N) is 1. The molecule has 0 saturated carbocycles. The third kappa shape index (κ3) is 3.60. The highest BCUT2D eigenvalue weighted by molar-refractivity contribution is 5.62. The molecule has 0 aliphatic rings. The molecule has 116 valence electrons. The Balaban J connectivity index is 2.34. The summed E-state index contributed by atoms with van der Waals surface area (Å²) in [5.41, 5.74) is -0.299. The fraction of sp³-hybridized carbons (Fsp3) is 0.286. The van der Waals surface area contributed by atoms with Crippen LogP contribution in [0.4, 0.5) is 11.5 Å². The van der Waals surface area contributed by atoms with Gasteiger partial charge in [0, 0.05) is 6.04 Å². The zero-order valence-electron chi connectivity index (χ0n) is 12.4. The monoisotopic (exact) mass is 304 g/mol. The minimum absolute atomic E-state index is 0.0116. The number of aromatic nitrogens is 2. The van der Waals surface area contributed by atoms with E-state index in [1.807, 2.05) is 13.8 Å². The molecule has 0 aliphatic carbocycles. The predicted molar refractivity (Wildman–Crippen MR) is 80.5 cm³/mol. The number of nitro groups is 1. The fourth-order valence-electron chi connectivity index (χ4n) is 1.74. The molecule has 0 radical (unpaired) electrons. The van der Waals surface area contributed by atoms with E-state index in [1.54, 1.807) is 31.4 Å². The molecule has 0 spiro atoms. The van der Waals surface area contributed by atoms with E-state index in [2.05, 4.69) is 15.3 Å². The molecular weight excluding hydrogens is 288 g/mol. The average Bonchev–Trinajstić information content (AvgIpc) is 2.47. The molecule has 0 fully saturated rings. The molecule has 0 atom stereocenters. The maximum Gasteiger partial charge on any atom is 0.373 e. The summed E-state index contributed by atoms with van der Waals surface area (Å²) >= 11 is 0. The number of benzene rings is 1. The number of ether oxygens (including phenoxy) is 2. The van der Waals surface area contributed by atoms with Crippen LogP contribution in [0.5, 0.6) is 17.4 Å². The van der Waals surface area contributed by atoms with Gasteiger partial charge >= 0.3 is 11.6 Å².